The molecule has 0 unspecified atom stereocenters. The van der Waals surface area contributed by atoms with Gasteiger partial charge in [-0.05, 0) is 69.0 Å². The maximum absolute atomic E-state index is 13.3. The van der Waals surface area contributed by atoms with E-state index in [1.54, 1.807) is 6.07 Å². The van der Waals surface area contributed by atoms with Crippen LogP contribution in [-0.4, -0.2) is 51.7 Å². The maximum Gasteiger partial charge on any atom is 0.416 e. The second-order valence-electron chi connectivity index (χ2n) is 9.11. The summed E-state index contributed by atoms with van der Waals surface area (Å²) in [6, 6.07) is 8.06. The predicted molar refractivity (Wildman–Crippen MR) is 129 cm³/mol. The predicted octanol–water partition coefficient (Wildman–Crippen LogP) is 4.98. The summed E-state index contributed by atoms with van der Waals surface area (Å²) in [5.74, 6) is -0.902. The normalized spacial score (nSPS) is 16.4. The molecule has 1 aliphatic rings. The van der Waals surface area contributed by atoms with Gasteiger partial charge in [-0.2, -0.15) is 13.2 Å². The minimum atomic E-state index is -4.67. The van der Waals surface area contributed by atoms with Gasteiger partial charge in [0.15, 0.2) is 19.7 Å². The smallest absolute Gasteiger partial charge is 0.339 e. The number of rotatable bonds is 5. The van der Waals surface area contributed by atoms with E-state index in [4.69, 9.17) is 0 Å². The molecule has 1 aliphatic heterocycles. The number of carbonyl (C=O) groups excluding carboxylic acids is 1. The van der Waals surface area contributed by atoms with Gasteiger partial charge in [0, 0.05) is 23.8 Å². The zero-order chi connectivity index (χ0) is 26.4. The van der Waals surface area contributed by atoms with Crippen LogP contribution in [0.1, 0.15) is 42.6 Å². The number of amides is 1. The number of benzene rings is 2. The van der Waals surface area contributed by atoms with Gasteiger partial charge < -0.3 is 4.90 Å². The average Bonchev–Trinajstić information content (AvgIpc) is 2.77. The van der Waals surface area contributed by atoms with Crippen molar-refractivity contribution in [2.45, 2.75) is 47.4 Å². The van der Waals surface area contributed by atoms with Crippen molar-refractivity contribution in [3.05, 3.63) is 58.1 Å². The van der Waals surface area contributed by atoms with Gasteiger partial charge in [0.2, 0.25) is 0 Å². The van der Waals surface area contributed by atoms with Crippen molar-refractivity contribution in [2.24, 2.45) is 5.92 Å². The third kappa shape index (κ3) is 5.59. The Balaban J connectivity index is 1.82. The van der Waals surface area contributed by atoms with Crippen molar-refractivity contribution < 1.29 is 34.8 Å². The van der Waals surface area contributed by atoms with Gasteiger partial charge in [-0.15, -0.1) is 0 Å². The lowest BCUT2D eigenvalue weighted by Crippen LogP contribution is -2.47. The zero-order valence-corrected chi connectivity index (χ0v) is 22.5. The molecule has 2 aromatic rings. The van der Waals surface area contributed by atoms with Crippen LogP contribution in [0.25, 0.3) is 0 Å². The van der Waals surface area contributed by atoms with Crippen LogP contribution in [0.4, 0.5) is 13.2 Å². The van der Waals surface area contributed by atoms with Crippen molar-refractivity contribution in [3.8, 4) is 0 Å². The third-order valence-corrected chi connectivity index (χ3v) is 10.7. The number of hydrogen-bond donors (Lipinski definition) is 0. The molecule has 0 spiro atoms. The van der Waals surface area contributed by atoms with Gasteiger partial charge in [-0.3, -0.25) is 4.79 Å². The Morgan fingerprint density at radius 1 is 1.00 bits per heavy atom. The first kappa shape index (κ1) is 27.7. The molecule has 0 N–H and O–H groups in total. The summed E-state index contributed by atoms with van der Waals surface area (Å²) < 4.78 is 89.5. The highest BCUT2D eigenvalue weighted by Gasteiger charge is 2.45. The Labute approximate surface area is 211 Å². The van der Waals surface area contributed by atoms with Gasteiger partial charge in [0.05, 0.1) is 25.7 Å². The second-order valence-corrected chi connectivity index (χ2v) is 14.5. The van der Waals surface area contributed by atoms with Gasteiger partial charge in [0.25, 0.3) is 5.91 Å². The van der Waals surface area contributed by atoms with E-state index in [0.717, 1.165) is 24.5 Å². The van der Waals surface area contributed by atoms with E-state index in [2.05, 4.69) is 15.9 Å². The molecule has 1 amide bonds. The third-order valence-electron chi connectivity index (χ3n) is 6.50. The largest absolute Gasteiger partial charge is 0.416 e. The van der Waals surface area contributed by atoms with Crippen LogP contribution >= 0.6 is 15.9 Å². The number of sulfone groups is 2. The monoisotopic (exact) mass is 595 g/mol. The van der Waals surface area contributed by atoms with Crippen LogP contribution < -0.4 is 0 Å². The van der Waals surface area contributed by atoms with Crippen molar-refractivity contribution in [3.63, 3.8) is 0 Å². The van der Waals surface area contributed by atoms with Crippen LogP contribution in [0.15, 0.2) is 56.7 Å². The molecule has 2 aromatic carbocycles. The van der Waals surface area contributed by atoms with Crippen LogP contribution in [0.2, 0.25) is 0 Å². The first-order valence-corrected chi connectivity index (χ1v) is 14.8. The number of likely N-dealkylation sites (tertiary alicyclic amines) is 1. The molecule has 3 rings (SSSR count). The fourth-order valence-electron chi connectivity index (χ4n) is 4.29. The highest BCUT2D eigenvalue weighted by atomic mass is 79.9. The summed E-state index contributed by atoms with van der Waals surface area (Å²) in [5, 5.41) is 0. The topological polar surface area (TPSA) is 88.6 Å². The standard InChI is InChI=1S/C23H25BrF3NO5S2/c1-22(2,35(32,33)18-6-4-5-16(13-18)23(25,26)27)15-9-11-28(12-10-15)21(29)19-8-7-17(24)14-20(19)34(3,30)31/h4-8,13-15H,9-12H2,1-3H3. The molecule has 0 bridgehead atoms. The molecule has 1 saturated heterocycles. The number of alkyl halides is 3. The Bertz CT molecular complexity index is 1350. The molecule has 0 atom stereocenters. The van der Waals surface area contributed by atoms with E-state index in [9.17, 15) is 34.8 Å². The molecule has 0 aliphatic carbocycles. The van der Waals surface area contributed by atoms with Crippen LogP contribution in [0.3, 0.4) is 0 Å². The first-order valence-electron chi connectivity index (χ1n) is 10.7. The molecule has 0 saturated carbocycles. The van der Waals surface area contributed by atoms with E-state index in [1.165, 1.54) is 30.9 Å². The number of piperidine rings is 1. The number of hydrogen-bond acceptors (Lipinski definition) is 5. The first-order chi connectivity index (χ1) is 16.0. The SMILES string of the molecule is CC(C)(C1CCN(C(=O)c2ccc(Br)cc2S(C)(=O)=O)CC1)S(=O)(=O)c1cccc(C(F)(F)F)c1. The fourth-order valence-corrected chi connectivity index (χ4v) is 7.52. The highest BCUT2D eigenvalue weighted by molar-refractivity contribution is 9.10. The van der Waals surface area contributed by atoms with Gasteiger partial charge in [0.1, 0.15) is 0 Å². The van der Waals surface area contributed by atoms with Gasteiger partial charge in [-0.25, -0.2) is 16.8 Å². The Kier molecular flexibility index (Phi) is 7.52. The van der Waals surface area contributed by atoms with Crippen molar-refractivity contribution >= 4 is 41.5 Å². The number of nitrogens with zero attached hydrogens (tertiary/aromatic N) is 1. The van der Waals surface area contributed by atoms with E-state index < -0.39 is 52.9 Å². The lowest BCUT2D eigenvalue weighted by Gasteiger charge is -2.40. The summed E-state index contributed by atoms with van der Waals surface area (Å²) >= 11 is 3.21. The summed E-state index contributed by atoms with van der Waals surface area (Å²) in [5.41, 5.74) is -1.00. The lowest BCUT2D eigenvalue weighted by atomic mass is 9.85. The molecular formula is C23H25BrF3NO5S2. The molecular weight excluding hydrogens is 571 g/mol. The van der Waals surface area contributed by atoms with Gasteiger partial charge in [-0.1, -0.05) is 22.0 Å². The molecule has 1 heterocycles. The highest BCUT2D eigenvalue weighted by Crippen LogP contribution is 2.40. The second kappa shape index (κ2) is 9.51. The van der Waals surface area contributed by atoms with E-state index in [-0.39, 0.29) is 23.5 Å². The van der Waals surface area contributed by atoms with E-state index in [1.807, 2.05) is 0 Å². The van der Waals surface area contributed by atoms with Crippen LogP contribution in [-0.2, 0) is 25.9 Å². The minimum Gasteiger partial charge on any atom is -0.339 e. The Hall–Kier alpha value is -1.92. The molecule has 6 nitrogen and oxygen atoms in total. The molecule has 12 heteroatoms. The molecule has 1 fully saturated rings. The quantitative estimate of drug-likeness (QED) is 0.486. The zero-order valence-electron chi connectivity index (χ0n) is 19.3. The summed E-state index contributed by atoms with van der Waals surface area (Å²) in [6.07, 6.45) is -3.07. The molecule has 0 radical (unpaired) electrons. The molecule has 35 heavy (non-hydrogen) atoms. The van der Waals surface area contributed by atoms with E-state index >= 15 is 0 Å². The summed E-state index contributed by atoms with van der Waals surface area (Å²) in [6.45, 7) is 3.34. The molecule has 0 aromatic heterocycles. The average molecular weight is 596 g/mol. The number of halogens is 4. The van der Waals surface area contributed by atoms with Crippen LogP contribution in [0, 0.1) is 5.92 Å². The maximum atomic E-state index is 13.3. The van der Waals surface area contributed by atoms with E-state index in [0.29, 0.717) is 23.4 Å². The van der Waals surface area contributed by atoms with Crippen molar-refractivity contribution in [1.29, 1.82) is 0 Å². The lowest BCUT2D eigenvalue weighted by molar-refractivity contribution is -0.137. The number of carbonyl (C=O) groups is 1. The minimum absolute atomic E-state index is 0.0324. The van der Waals surface area contributed by atoms with Crippen molar-refractivity contribution in [2.75, 3.05) is 19.3 Å². The Morgan fingerprint density at radius 2 is 1.60 bits per heavy atom. The Morgan fingerprint density at radius 3 is 2.14 bits per heavy atom. The van der Waals surface area contributed by atoms with Crippen molar-refractivity contribution in [1.82, 2.24) is 4.90 Å². The summed E-state index contributed by atoms with van der Waals surface area (Å²) in [7, 11) is -7.80. The van der Waals surface area contributed by atoms with Gasteiger partial charge >= 0.3 is 6.18 Å². The molecule has 192 valence electrons. The summed E-state index contributed by atoms with van der Waals surface area (Å²) in [4.78, 5) is 14.1. The van der Waals surface area contributed by atoms with Crippen LogP contribution in [0.5, 0.6) is 0 Å². The fraction of sp³-hybridized carbons (Fsp3) is 0.435.